The Morgan fingerprint density at radius 1 is 1.20 bits per heavy atom. The van der Waals surface area contributed by atoms with E-state index in [2.05, 4.69) is 10.6 Å². The molecule has 2 rings (SSSR count). The van der Waals surface area contributed by atoms with Crippen molar-refractivity contribution in [2.24, 2.45) is 5.92 Å². The molecule has 0 aromatic heterocycles. The Hall–Kier alpha value is -1.43. The number of piperidine rings is 1. The third kappa shape index (κ3) is 4.92. The minimum atomic E-state index is -4.32. The quantitative estimate of drug-likeness (QED) is 0.873. The second-order valence-corrected chi connectivity index (χ2v) is 4.97. The van der Waals surface area contributed by atoms with E-state index in [9.17, 15) is 13.2 Å². The number of nitrogens with one attached hydrogen (secondary N) is 2. The van der Waals surface area contributed by atoms with Crippen LogP contribution in [0.2, 0.25) is 0 Å². The van der Waals surface area contributed by atoms with Crippen molar-refractivity contribution in [3.8, 4) is 5.75 Å². The highest BCUT2D eigenvalue weighted by Crippen LogP contribution is 2.27. The largest absolute Gasteiger partial charge is 0.482 e. The fourth-order valence-corrected chi connectivity index (χ4v) is 2.24. The standard InChI is InChI=1S/C14H19F3N2O/c15-14(16,17)10-20-13-4-2-1-3-12(13)19-9-11-5-7-18-8-6-11/h1-4,11,18-19H,5-10H2. The number of ether oxygens (including phenoxy) is 1. The Labute approximate surface area is 116 Å². The summed E-state index contributed by atoms with van der Waals surface area (Å²) in [4.78, 5) is 0. The van der Waals surface area contributed by atoms with E-state index < -0.39 is 12.8 Å². The third-order valence-electron chi connectivity index (χ3n) is 3.32. The molecule has 1 saturated heterocycles. The fourth-order valence-electron chi connectivity index (χ4n) is 2.24. The highest BCUT2D eigenvalue weighted by molar-refractivity contribution is 5.56. The van der Waals surface area contributed by atoms with Gasteiger partial charge >= 0.3 is 6.18 Å². The van der Waals surface area contributed by atoms with Crippen LogP contribution in [0, 0.1) is 5.92 Å². The van der Waals surface area contributed by atoms with E-state index in [1.165, 1.54) is 0 Å². The van der Waals surface area contributed by atoms with Gasteiger partial charge in [-0.1, -0.05) is 12.1 Å². The molecule has 1 heterocycles. The average Bonchev–Trinajstić information content (AvgIpc) is 2.44. The summed E-state index contributed by atoms with van der Waals surface area (Å²) in [7, 11) is 0. The van der Waals surface area contributed by atoms with E-state index in [-0.39, 0.29) is 5.75 Å². The van der Waals surface area contributed by atoms with Gasteiger partial charge < -0.3 is 15.4 Å². The van der Waals surface area contributed by atoms with Gasteiger partial charge in [0.1, 0.15) is 5.75 Å². The molecular weight excluding hydrogens is 269 g/mol. The average molecular weight is 288 g/mol. The first kappa shape index (κ1) is 15.0. The van der Waals surface area contributed by atoms with Crippen LogP contribution in [-0.2, 0) is 0 Å². The number of anilines is 1. The molecule has 1 aromatic carbocycles. The van der Waals surface area contributed by atoms with Gasteiger partial charge in [-0.2, -0.15) is 13.2 Å². The van der Waals surface area contributed by atoms with Crippen LogP contribution >= 0.6 is 0 Å². The minimum Gasteiger partial charge on any atom is -0.482 e. The normalized spacial score (nSPS) is 16.9. The van der Waals surface area contributed by atoms with Crippen LogP contribution in [0.3, 0.4) is 0 Å². The lowest BCUT2D eigenvalue weighted by molar-refractivity contribution is -0.153. The maximum absolute atomic E-state index is 12.2. The summed E-state index contributed by atoms with van der Waals surface area (Å²) in [5.41, 5.74) is 0.621. The predicted molar refractivity (Wildman–Crippen MR) is 72.1 cm³/mol. The molecule has 0 unspecified atom stereocenters. The number of hydrogen-bond acceptors (Lipinski definition) is 3. The summed E-state index contributed by atoms with van der Waals surface area (Å²) < 4.78 is 41.4. The molecule has 20 heavy (non-hydrogen) atoms. The van der Waals surface area contributed by atoms with Gasteiger partial charge in [-0.3, -0.25) is 0 Å². The highest BCUT2D eigenvalue weighted by Gasteiger charge is 2.28. The fraction of sp³-hybridized carbons (Fsp3) is 0.571. The Kier molecular flexibility index (Phi) is 5.11. The monoisotopic (exact) mass is 288 g/mol. The number of alkyl halides is 3. The number of hydrogen-bond donors (Lipinski definition) is 2. The van der Waals surface area contributed by atoms with Gasteiger partial charge in [-0.15, -0.1) is 0 Å². The molecule has 0 spiro atoms. The molecule has 1 aromatic rings. The Balaban J connectivity index is 1.89. The lowest BCUT2D eigenvalue weighted by Gasteiger charge is -2.24. The number of halogens is 3. The SMILES string of the molecule is FC(F)(F)COc1ccccc1NCC1CCNCC1. The molecule has 2 N–H and O–H groups in total. The first-order valence-corrected chi connectivity index (χ1v) is 6.78. The smallest absolute Gasteiger partial charge is 0.422 e. The summed E-state index contributed by atoms with van der Waals surface area (Å²) in [6.45, 7) is 1.49. The summed E-state index contributed by atoms with van der Waals surface area (Å²) in [6.07, 6.45) is -2.15. The molecule has 1 fully saturated rings. The van der Waals surface area contributed by atoms with Crippen molar-refractivity contribution in [1.82, 2.24) is 5.32 Å². The van der Waals surface area contributed by atoms with E-state index in [1.807, 2.05) is 0 Å². The van der Waals surface area contributed by atoms with Crippen molar-refractivity contribution in [3.05, 3.63) is 24.3 Å². The van der Waals surface area contributed by atoms with Crippen molar-refractivity contribution in [2.75, 3.05) is 31.6 Å². The topological polar surface area (TPSA) is 33.3 Å². The van der Waals surface area contributed by atoms with Crippen LogP contribution in [0.25, 0.3) is 0 Å². The maximum atomic E-state index is 12.2. The van der Waals surface area contributed by atoms with Gasteiger partial charge in [0.15, 0.2) is 6.61 Å². The Morgan fingerprint density at radius 2 is 1.90 bits per heavy atom. The zero-order valence-corrected chi connectivity index (χ0v) is 11.2. The number of benzene rings is 1. The van der Waals surface area contributed by atoms with Gasteiger partial charge in [0.25, 0.3) is 0 Å². The van der Waals surface area contributed by atoms with Crippen LogP contribution < -0.4 is 15.4 Å². The molecule has 0 aliphatic carbocycles. The van der Waals surface area contributed by atoms with Crippen molar-refractivity contribution in [1.29, 1.82) is 0 Å². The molecule has 1 aliphatic rings. The van der Waals surface area contributed by atoms with Gasteiger partial charge in [0, 0.05) is 6.54 Å². The van der Waals surface area contributed by atoms with E-state index >= 15 is 0 Å². The van der Waals surface area contributed by atoms with Gasteiger partial charge in [0.05, 0.1) is 5.69 Å². The van der Waals surface area contributed by atoms with Crippen molar-refractivity contribution >= 4 is 5.69 Å². The summed E-state index contributed by atoms with van der Waals surface area (Å²) >= 11 is 0. The first-order valence-electron chi connectivity index (χ1n) is 6.78. The lowest BCUT2D eigenvalue weighted by atomic mass is 9.98. The van der Waals surface area contributed by atoms with Gasteiger partial charge in [-0.05, 0) is 44.0 Å². The van der Waals surface area contributed by atoms with Crippen LogP contribution in [-0.4, -0.2) is 32.4 Å². The van der Waals surface area contributed by atoms with Crippen LogP contribution in [0.1, 0.15) is 12.8 Å². The molecule has 0 radical (unpaired) electrons. The van der Waals surface area contributed by atoms with Crippen LogP contribution in [0.5, 0.6) is 5.75 Å². The Morgan fingerprint density at radius 3 is 2.60 bits per heavy atom. The van der Waals surface area contributed by atoms with Crippen molar-refractivity contribution in [3.63, 3.8) is 0 Å². The maximum Gasteiger partial charge on any atom is 0.422 e. The highest BCUT2D eigenvalue weighted by atomic mass is 19.4. The number of para-hydroxylation sites is 2. The zero-order chi connectivity index (χ0) is 14.4. The lowest BCUT2D eigenvalue weighted by Crippen LogP contribution is -2.31. The van der Waals surface area contributed by atoms with E-state index in [4.69, 9.17) is 4.74 Å². The first-order chi connectivity index (χ1) is 9.54. The Bertz CT molecular complexity index is 417. The van der Waals surface area contributed by atoms with Crippen molar-refractivity contribution < 1.29 is 17.9 Å². The molecule has 0 saturated carbocycles. The van der Waals surface area contributed by atoms with E-state index in [0.29, 0.717) is 11.6 Å². The second-order valence-electron chi connectivity index (χ2n) is 4.97. The van der Waals surface area contributed by atoms with Crippen LogP contribution in [0.15, 0.2) is 24.3 Å². The summed E-state index contributed by atoms with van der Waals surface area (Å²) in [5.74, 6) is 0.797. The number of rotatable bonds is 5. The molecule has 1 aliphatic heterocycles. The minimum absolute atomic E-state index is 0.249. The van der Waals surface area contributed by atoms with Gasteiger partial charge in [0.2, 0.25) is 0 Å². The van der Waals surface area contributed by atoms with E-state index in [1.54, 1.807) is 24.3 Å². The van der Waals surface area contributed by atoms with E-state index in [0.717, 1.165) is 32.5 Å². The molecule has 0 amide bonds. The molecule has 3 nitrogen and oxygen atoms in total. The molecule has 112 valence electrons. The summed E-state index contributed by atoms with van der Waals surface area (Å²) in [5, 5.41) is 6.48. The van der Waals surface area contributed by atoms with Crippen molar-refractivity contribution in [2.45, 2.75) is 19.0 Å². The van der Waals surface area contributed by atoms with Gasteiger partial charge in [-0.25, -0.2) is 0 Å². The molecule has 0 atom stereocenters. The predicted octanol–water partition coefficient (Wildman–Crippen LogP) is 3.04. The third-order valence-corrected chi connectivity index (χ3v) is 3.32. The van der Waals surface area contributed by atoms with Crippen LogP contribution in [0.4, 0.5) is 18.9 Å². The molecular formula is C14H19F3N2O. The second kappa shape index (κ2) is 6.83. The molecule has 6 heteroatoms. The molecule has 0 bridgehead atoms. The summed E-state index contributed by atoms with van der Waals surface area (Å²) in [6, 6.07) is 6.75. The zero-order valence-electron chi connectivity index (χ0n) is 11.2.